The number of hydrogen-bond donors (Lipinski definition) is 1. The zero-order valence-electron chi connectivity index (χ0n) is 21.2. The molecule has 1 N–H and O–H groups in total. The van der Waals surface area contributed by atoms with Gasteiger partial charge in [0.2, 0.25) is 11.8 Å². The number of carbonyl (C=O) groups is 3. The molecule has 0 fully saturated rings. The van der Waals surface area contributed by atoms with Crippen LogP contribution in [0.4, 0.5) is 0 Å². The predicted octanol–water partition coefficient (Wildman–Crippen LogP) is 2.15. The number of fused-ring (bicyclic) bond motifs is 1. The van der Waals surface area contributed by atoms with E-state index in [9.17, 15) is 19.5 Å². The molecule has 3 amide bonds. The summed E-state index contributed by atoms with van der Waals surface area (Å²) in [6.45, 7) is 5.77. The first kappa shape index (κ1) is 26.2. The number of aliphatic hydroxyl groups excluding tert-OH is 1. The summed E-state index contributed by atoms with van der Waals surface area (Å²) in [6.07, 6.45) is 1.24. The van der Waals surface area contributed by atoms with Gasteiger partial charge in [-0.05, 0) is 30.7 Å². The van der Waals surface area contributed by atoms with Crippen LogP contribution in [0.3, 0.4) is 0 Å². The molecule has 1 aromatic carbocycles. The standard InChI is InChI=1S/C26H34N4O5/c1-16-13-30(17(2)15-31)26(34)22-11-21(19-7-9-20(10-8-19)25(33)28(4)5)12-27-24(22)35-23(16)14-29(6)18(3)32/h7-12,16-17,23,31H,13-15H2,1-6H3/t16-,17-,23-/m0/s1. The summed E-state index contributed by atoms with van der Waals surface area (Å²) in [5, 5.41) is 9.80. The van der Waals surface area contributed by atoms with E-state index in [4.69, 9.17) is 4.74 Å². The monoisotopic (exact) mass is 482 g/mol. The summed E-state index contributed by atoms with van der Waals surface area (Å²) in [6, 6.07) is 8.43. The highest BCUT2D eigenvalue weighted by molar-refractivity contribution is 5.98. The molecule has 2 aromatic rings. The smallest absolute Gasteiger partial charge is 0.259 e. The highest BCUT2D eigenvalue weighted by Gasteiger charge is 2.34. The molecule has 3 atom stereocenters. The zero-order valence-corrected chi connectivity index (χ0v) is 21.2. The Labute approximate surface area is 206 Å². The number of hydrogen-bond acceptors (Lipinski definition) is 6. The van der Waals surface area contributed by atoms with E-state index in [1.807, 2.05) is 19.1 Å². The minimum absolute atomic E-state index is 0.0840. The number of pyridine rings is 1. The SMILES string of the molecule is CC(=O)N(C)C[C@@H]1Oc2ncc(-c3ccc(C(=O)N(C)C)cc3)cc2C(=O)N([C@@H](C)CO)C[C@@H]1C. The lowest BCUT2D eigenvalue weighted by molar-refractivity contribution is -0.129. The van der Waals surface area contributed by atoms with Crippen molar-refractivity contribution in [2.45, 2.75) is 32.9 Å². The van der Waals surface area contributed by atoms with Crippen molar-refractivity contribution in [2.24, 2.45) is 5.92 Å². The topological polar surface area (TPSA) is 103 Å². The van der Waals surface area contributed by atoms with Crippen LogP contribution >= 0.6 is 0 Å². The molecule has 1 aromatic heterocycles. The van der Waals surface area contributed by atoms with Crippen molar-refractivity contribution in [3.63, 3.8) is 0 Å². The number of likely N-dealkylation sites (N-methyl/N-ethyl adjacent to an activating group) is 1. The number of benzene rings is 1. The third kappa shape index (κ3) is 5.79. The maximum atomic E-state index is 13.6. The molecule has 0 aliphatic carbocycles. The van der Waals surface area contributed by atoms with Crippen LogP contribution in [-0.4, -0.2) is 95.5 Å². The molecule has 188 valence electrons. The number of aliphatic hydroxyl groups is 1. The van der Waals surface area contributed by atoms with Gasteiger partial charge in [-0.1, -0.05) is 19.1 Å². The summed E-state index contributed by atoms with van der Waals surface area (Å²) in [4.78, 5) is 46.8. The summed E-state index contributed by atoms with van der Waals surface area (Å²) < 4.78 is 6.20. The Kier molecular flexibility index (Phi) is 8.11. The van der Waals surface area contributed by atoms with Crippen LogP contribution in [0.2, 0.25) is 0 Å². The van der Waals surface area contributed by atoms with Gasteiger partial charge in [-0.3, -0.25) is 14.4 Å². The zero-order chi connectivity index (χ0) is 25.9. The predicted molar refractivity (Wildman–Crippen MR) is 132 cm³/mol. The molecule has 0 radical (unpaired) electrons. The molecule has 0 unspecified atom stereocenters. The van der Waals surface area contributed by atoms with Gasteiger partial charge in [-0.15, -0.1) is 0 Å². The van der Waals surface area contributed by atoms with Gasteiger partial charge in [0.1, 0.15) is 11.7 Å². The van der Waals surface area contributed by atoms with E-state index < -0.39 is 6.04 Å². The van der Waals surface area contributed by atoms with Crippen LogP contribution in [0.15, 0.2) is 36.5 Å². The number of amides is 3. The van der Waals surface area contributed by atoms with E-state index in [1.54, 1.807) is 62.3 Å². The average molecular weight is 483 g/mol. The van der Waals surface area contributed by atoms with Gasteiger partial charge >= 0.3 is 0 Å². The maximum absolute atomic E-state index is 13.6. The Morgan fingerprint density at radius 3 is 2.43 bits per heavy atom. The number of rotatable bonds is 6. The van der Waals surface area contributed by atoms with Gasteiger partial charge in [-0.2, -0.15) is 0 Å². The van der Waals surface area contributed by atoms with E-state index in [0.29, 0.717) is 29.8 Å². The number of carbonyl (C=O) groups excluding carboxylic acids is 3. The van der Waals surface area contributed by atoms with Gasteiger partial charge in [0.25, 0.3) is 11.8 Å². The highest BCUT2D eigenvalue weighted by Crippen LogP contribution is 2.30. The quantitative estimate of drug-likeness (QED) is 0.677. The highest BCUT2D eigenvalue weighted by atomic mass is 16.5. The van der Waals surface area contributed by atoms with Crippen molar-refractivity contribution >= 4 is 17.7 Å². The minimum Gasteiger partial charge on any atom is -0.472 e. The van der Waals surface area contributed by atoms with Gasteiger partial charge in [0.15, 0.2) is 0 Å². The number of ether oxygens (including phenoxy) is 1. The molecule has 35 heavy (non-hydrogen) atoms. The Morgan fingerprint density at radius 2 is 1.86 bits per heavy atom. The van der Waals surface area contributed by atoms with E-state index in [-0.39, 0.29) is 42.2 Å². The summed E-state index contributed by atoms with van der Waals surface area (Å²) >= 11 is 0. The number of nitrogens with zero attached hydrogens (tertiary/aromatic N) is 4. The van der Waals surface area contributed by atoms with Crippen molar-refractivity contribution in [1.82, 2.24) is 19.7 Å². The molecule has 9 heteroatoms. The van der Waals surface area contributed by atoms with Crippen LogP contribution in [0.1, 0.15) is 41.5 Å². The largest absolute Gasteiger partial charge is 0.472 e. The lowest BCUT2D eigenvalue weighted by Gasteiger charge is -2.37. The van der Waals surface area contributed by atoms with Crippen LogP contribution in [0.25, 0.3) is 11.1 Å². The Bertz CT molecular complexity index is 1090. The van der Waals surface area contributed by atoms with E-state index in [1.165, 1.54) is 11.8 Å². The van der Waals surface area contributed by atoms with Crippen molar-refractivity contribution in [3.05, 3.63) is 47.7 Å². The Balaban J connectivity index is 2.02. The minimum atomic E-state index is -0.401. The summed E-state index contributed by atoms with van der Waals surface area (Å²) in [5.74, 6) is -0.367. The maximum Gasteiger partial charge on any atom is 0.259 e. The second kappa shape index (κ2) is 10.9. The molecule has 0 saturated heterocycles. The fraction of sp³-hybridized carbons (Fsp3) is 0.462. The first-order valence-corrected chi connectivity index (χ1v) is 11.7. The fourth-order valence-corrected chi connectivity index (χ4v) is 3.94. The van der Waals surface area contributed by atoms with Crippen molar-refractivity contribution in [1.29, 1.82) is 0 Å². The van der Waals surface area contributed by atoms with Crippen LogP contribution in [-0.2, 0) is 4.79 Å². The second-order valence-electron chi connectivity index (χ2n) is 9.38. The van der Waals surface area contributed by atoms with E-state index >= 15 is 0 Å². The molecule has 0 spiro atoms. The summed E-state index contributed by atoms with van der Waals surface area (Å²) in [5.41, 5.74) is 2.35. The Hall–Kier alpha value is -3.46. The van der Waals surface area contributed by atoms with Gasteiger partial charge in [-0.25, -0.2) is 4.98 Å². The first-order chi connectivity index (χ1) is 16.5. The van der Waals surface area contributed by atoms with Gasteiger partial charge in [0, 0.05) is 57.9 Å². The van der Waals surface area contributed by atoms with Gasteiger partial charge < -0.3 is 24.5 Å². The second-order valence-corrected chi connectivity index (χ2v) is 9.38. The normalized spacial score (nSPS) is 18.6. The van der Waals surface area contributed by atoms with E-state index in [0.717, 1.165) is 5.56 Å². The van der Waals surface area contributed by atoms with Crippen molar-refractivity contribution < 1.29 is 24.2 Å². The lowest BCUT2D eigenvalue weighted by Crippen LogP contribution is -2.50. The molecule has 3 rings (SSSR count). The molecule has 0 bridgehead atoms. The third-order valence-corrected chi connectivity index (χ3v) is 6.38. The molecule has 1 aliphatic heterocycles. The molecular formula is C26H34N4O5. The van der Waals surface area contributed by atoms with Crippen LogP contribution in [0.5, 0.6) is 5.88 Å². The molecule has 9 nitrogen and oxygen atoms in total. The summed E-state index contributed by atoms with van der Waals surface area (Å²) in [7, 11) is 5.10. The molecule has 2 heterocycles. The fourth-order valence-electron chi connectivity index (χ4n) is 3.94. The van der Waals surface area contributed by atoms with Crippen molar-refractivity contribution in [2.75, 3.05) is 40.8 Å². The van der Waals surface area contributed by atoms with Crippen LogP contribution in [0, 0.1) is 5.92 Å². The average Bonchev–Trinajstić information content (AvgIpc) is 2.84. The van der Waals surface area contributed by atoms with Crippen molar-refractivity contribution in [3.8, 4) is 17.0 Å². The molecular weight excluding hydrogens is 448 g/mol. The lowest BCUT2D eigenvalue weighted by atomic mass is 9.99. The first-order valence-electron chi connectivity index (χ1n) is 11.7. The number of aromatic nitrogens is 1. The Morgan fingerprint density at radius 1 is 1.20 bits per heavy atom. The molecule has 1 aliphatic rings. The van der Waals surface area contributed by atoms with Gasteiger partial charge in [0.05, 0.1) is 19.2 Å². The van der Waals surface area contributed by atoms with E-state index in [2.05, 4.69) is 4.98 Å². The third-order valence-electron chi connectivity index (χ3n) is 6.38. The van der Waals surface area contributed by atoms with Crippen LogP contribution < -0.4 is 4.74 Å². The molecule has 0 saturated carbocycles.